The molecule has 0 aromatic carbocycles. The van der Waals surface area contributed by atoms with Gasteiger partial charge in [-0.25, -0.2) is 0 Å². The quantitative estimate of drug-likeness (QED) is 0.469. The minimum atomic E-state index is -0.811. The Hall–Kier alpha value is -0.120. The number of unbranched alkanes of at least 4 members (excludes halogenated alkanes) is 1. The first kappa shape index (κ1) is 13.9. The first-order valence-electron chi connectivity index (χ1n) is 5.59. The van der Waals surface area contributed by atoms with Crippen molar-refractivity contribution in [3.8, 4) is 0 Å². The molecule has 0 aromatic heterocycles. The molecule has 0 aromatic rings. The summed E-state index contributed by atoms with van der Waals surface area (Å²) in [4.78, 5) is 0. The van der Waals surface area contributed by atoms with Crippen LogP contribution in [0.3, 0.4) is 0 Å². The van der Waals surface area contributed by atoms with E-state index in [-0.39, 0.29) is 6.10 Å². The third-order valence-corrected chi connectivity index (χ3v) is 1.93. The summed E-state index contributed by atoms with van der Waals surface area (Å²) in [6.45, 7) is 9.09. The van der Waals surface area contributed by atoms with E-state index in [1.54, 1.807) is 0 Å². The summed E-state index contributed by atoms with van der Waals surface area (Å²) >= 11 is 0. The van der Waals surface area contributed by atoms with E-state index in [9.17, 15) is 5.11 Å². The molecular formula is C11H25NO2. The number of rotatable bonds is 8. The maximum Gasteiger partial charge on any atom is 0.213 e. The van der Waals surface area contributed by atoms with Crippen LogP contribution < -0.4 is 5.32 Å². The van der Waals surface area contributed by atoms with Gasteiger partial charge in [0.15, 0.2) is 0 Å². The third-order valence-electron chi connectivity index (χ3n) is 1.93. The van der Waals surface area contributed by atoms with Crippen molar-refractivity contribution in [3.63, 3.8) is 0 Å². The lowest BCUT2D eigenvalue weighted by atomic mass is 10.1. The van der Waals surface area contributed by atoms with Crippen molar-refractivity contribution in [1.29, 1.82) is 0 Å². The van der Waals surface area contributed by atoms with Crippen molar-refractivity contribution in [2.24, 2.45) is 5.92 Å². The number of aliphatic hydroxyl groups is 1. The summed E-state index contributed by atoms with van der Waals surface area (Å²) in [5.74, 6) is 0.770. The molecule has 0 saturated heterocycles. The van der Waals surface area contributed by atoms with Gasteiger partial charge < -0.3 is 9.84 Å². The predicted molar refractivity (Wildman–Crippen MR) is 58.9 cm³/mol. The SMILES string of the molecule is CC(C)CCCCNC(O)OC(C)C. The highest BCUT2D eigenvalue weighted by molar-refractivity contribution is 4.50. The first-order chi connectivity index (χ1) is 6.52. The molecule has 0 bridgehead atoms. The molecule has 0 amide bonds. The highest BCUT2D eigenvalue weighted by atomic mass is 16.6. The number of aliphatic hydroxyl groups excluding tert-OH is 1. The second-order valence-corrected chi connectivity index (χ2v) is 4.38. The van der Waals surface area contributed by atoms with Crippen LogP contribution in [0.1, 0.15) is 47.0 Å². The van der Waals surface area contributed by atoms with E-state index >= 15 is 0 Å². The van der Waals surface area contributed by atoms with Crippen LogP contribution in [0, 0.1) is 5.92 Å². The van der Waals surface area contributed by atoms with Gasteiger partial charge in [-0.2, -0.15) is 0 Å². The normalized spacial score (nSPS) is 13.9. The van der Waals surface area contributed by atoms with E-state index in [4.69, 9.17) is 4.74 Å². The molecule has 86 valence electrons. The fourth-order valence-electron chi connectivity index (χ4n) is 1.21. The molecule has 0 rings (SSSR count). The predicted octanol–water partition coefficient (Wildman–Crippen LogP) is 2.10. The number of hydrogen-bond donors (Lipinski definition) is 2. The van der Waals surface area contributed by atoms with Gasteiger partial charge in [0.05, 0.1) is 6.10 Å². The van der Waals surface area contributed by atoms with Gasteiger partial charge in [0, 0.05) is 0 Å². The van der Waals surface area contributed by atoms with Crippen molar-refractivity contribution in [2.45, 2.75) is 59.5 Å². The Morgan fingerprint density at radius 1 is 1.14 bits per heavy atom. The van der Waals surface area contributed by atoms with Gasteiger partial charge in [-0.1, -0.05) is 26.7 Å². The van der Waals surface area contributed by atoms with Crippen LogP contribution in [0.15, 0.2) is 0 Å². The van der Waals surface area contributed by atoms with Crippen LogP contribution in [-0.4, -0.2) is 24.2 Å². The van der Waals surface area contributed by atoms with Gasteiger partial charge in [0.2, 0.25) is 6.41 Å². The van der Waals surface area contributed by atoms with Gasteiger partial charge in [-0.15, -0.1) is 0 Å². The van der Waals surface area contributed by atoms with Crippen LogP contribution in [-0.2, 0) is 4.74 Å². The van der Waals surface area contributed by atoms with E-state index in [1.165, 1.54) is 12.8 Å². The molecule has 1 unspecified atom stereocenters. The van der Waals surface area contributed by atoms with Gasteiger partial charge in [-0.05, 0) is 32.7 Å². The van der Waals surface area contributed by atoms with E-state index in [1.807, 2.05) is 13.8 Å². The van der Waals surface area contributed by atoms with Crippen molar-refractivity contribution in [1.82, 2.24) is 5.32 Å². The minimum absolute atomic E-state index is 0.0631. The molecule has 0 heterocycles. The Kier molecular flexibility index (Phi) is 8.14. The Morgan fingerprint density at radius 2 is 1.79 bits per heavy atom. The van der Waals surface area contributed by atoms with Gasteiger partial charge in [-0.3, -0.25) is 5.32 Å². The molecule has 0 aliphatic carbocycles. The van der Waals surface area contributed by atoms with Crippen LogP contribution in [0.5, 0.6) is 0 Å². The standard InChI is InChI=1S/C11H25NO2/c1-9(2)7-5-6-8-12-11(13)14-10(3)4/h9-13H,5-8H2,1-4H3. The third kappa shape index (κ3) is 9.96. The summed E-state index contributed by atoms with van der Waals surface area (Å²) < 4.78 is 5.12. The number of hydrogen-bond acceptors (Lipinski definition) is 3. The van der Waals surface area contributed by atoms with Crippen LogP contribution in [0.25, 0.3) is 0 Å². The molecule has 3 nitrogen and oxygen atoms in total. The van der Waals surface area contributed by atoms with E-state index in [0.717, 1.165) is 18.9 Å². The van der Waals surface area contributed by atoms with Crippen LogP contribution >= 0.6 is 0 Å². The molecule has 3 heteroatoms. The maximum absolute atomic E-state index is 9.29. The summed E-state index contributed by atoms with van der Waals surface area (Å²) in [5, 5.41) is 12.2. The fraction of sp³-hybridized carbons (Fsp3) is 1.00. The largest absolute Gasteiger partial charge is 0.356 e. The molecule has 0 fully saturated rings. The van der Waals surface area contributed by atoms with E-state index in [0.29, 0.717) is 0 Å². The van der Waals surface area contributed by atoms with Crippen LogP contribution in [0.4, 0.5) is 0 Å². The lowest BCUT2D eigenvalue weighted by molar-refractivity contribution is -0.143. The average Bonchev–Trinajstić information content (AvgIpc) is 2.01. The first-order valence-corrected chi connectivity index (χ1v) is 5.59. The topological polar surface area (TPSA) is 41.5 Å². The zero-order chi connectivity index (χ0) is 11.0. The zero-order valence-electron chi connectivity index (χ0n) is 9.92. The molecule has 0 aliphatic rings. The average molecular weight is 203 g/mol. The fourth-order valence-corrected chi connectivity index (χ4v) is 1.21. The molecule has 2 N–H and O–H groups in total. The smallest absolute Gasteiger partial charge is 0.213 e. The lowest BCUT2D eigenvalue weighted by Crippen LogP contribution is -2.34. The monoisotopic (exact) mass is 203 g/mol. The minimum Gasteiger partial charge on any atom is -0.356 e. The Bertz CT molecular complexity index is 126. The zero-order valence-corrected chi connectivity index (χ0v) is 9.92. The van der Waals surface area contributed by atoms with Crippen molar-refractivity contribution >= 4 is 0 Å². The van der Waals surface area contributed by atoms with Gasteiger partial charge in [0.25, 0.3) is 0 Å². The maximum atomic E-state index is 9.29. The molecule has 14 heavy (non-hydrogen) atoms. The summed E-state index contributed by atoms with van der Waals surface area (Å²) in [6.07, 6.45) is 2.81. The molecule has 0 aliphatic heterocycles. The second-order valence-electron chi connectivity index (χ2n) is 4.38. The van der Waals surface area contributed by atoms with Gasteiger partial charge >= 0.3 is 0 Å². The van der Waals surface area contributed by atoms with Crippen LogP contribution in [0.2, 0.25) is 0 Å². The lowest BCUT2D eigenvalue weighted by Gasteiger charge is -2.16. The number of ether oxygens (including phenoxy) is 1. The summed E-state index contributed by atoms with van der Waals surface area (Å²) in [6, 6.07) is 0. The Morgan fingerprint density at radius 3 is 2.29 bits per heavy atom. The van der Waals surface area contributed by atoms with Crippen molar-refractivity contribution in [3.05, 3.63) is 0 Å². The van der Waals surface area contributed by atoms with Crippen molar-refractivity contribution in [2.75, 3.05) is 6.54 Å². The highest BCUT2D eigenvalue weighted by Gasteiger charge is 2.04. The summed E-state index contributed by atoms with van der Waals surface area (Å²) in [5.41, 5.74) is 0. The molecule has 0 saturated carbocycles. The second kappa shape index (κ2) is 8.21. The van der Waals surface area contributed by atoms with Crippen molar-refractivity contribution < 1.29 is 9.84 Å². The molecule has 0 radical (unpaired) electrons. The molecular weight excluding hydrogens is 178 g/mol. The Balaban J connectivity index is 3.19. The van der Waals surface area contributed by atoms with Gasteiger partial charge in [0.1, 0.15) is 0 Å². The Labute approximate surface area is 87.8 Å². The summed E-state index contributed by atoms with van der Waals surface area (Å²) in [7, 11) is 0. The number of nitrogens with one attached hydrogen (secondary N) is 1. The highest BCUT2D eigenvalue weighted by Crippen LogP contribution is 2.05. The molecule has 0 spiro atoms. The van der Waals surface area contributed by atoms with E-state index in [2.05, 4.69) is 19.2 Å². The molecule has 1 atom stereocenters. The van der Waals surface area contributed by atoms with E-state index < -0.39 is 6.41 Å².